The molecule has 0 radical (unpaired) electrons. The largest absolute Gasteiger partial charge is 0.387 e. The van der Waals surface area contributed by atoms with Crippen LogP contribution < -0.4 is 4.90 Å². The van der Waals surface area contributed by atoms with Crippen molar-refractivity contribution in [2.45, 2.75) is 6.10 Å². The second-order valence-corrected chi connectivity index (χ2v) is 4.28. The van der Waals surface area contributed by atoms with E-state index < -0.39 is 0 Å². The molecule has 16 heavy (non-hydrogen) atoms. The third-order valence-corrected chi connectivity index (χ3v) is 2.91. The standard InChI is InChI=1S/C11H11N3OS/c15-8-3-4-14(6-8)7-1-2-9-10(5-7)13-11(16)12-9/h1-5,8,15H,6H2,(H2,12,13,16). The molecule has 0 amide bonds. The van der Waals surface area contributed by atoms with Gasteiger partial charge >= 0.3 is 0 Å². The number of imidazole rings is 1. The molecule has 2 aromatic rings. The quantitative estimate of drug-likeness (QED) is 0.660. The molecule has 1 aromatic heterocycles. The molecule has 1 aliphatic heterocycles. The minimum Gasteiger partial charge on any atom is -0.387 e. The highest BCUT2D eigenvalue weighted by Crippen LogP contribution is 2.22. The molecule has 4 nitrogen and oxygen atoms in total. The van der Waals surface area contributed by atoms with Crippen molar-refractivity contribution in [1.82, 2.24) is 9.97 Å². The molecule has 1 unspecified atom stereocenters. The lowest BCUT2D eigenvalue weighted by Crippen LogP contribution is -2.19. The summed E-state index contributed by atoms with van der Waals surface area (Å²) >= 11 is 5.03. The van der Waals surface area contributed by atoms with Gasteiger partial charge in [0.2, 0.25) is 0 Å². The van der Waals surface area contributed by atoms with Gasteiger partial charge in [0.15, 0.2) is 4.77 Å². The van der Waals surface area contributed by atoms with Gasteiger partial charge in [0.05, 0.1) is 23.7 Å². The molecule has 2 heterocycles. The molecule has 1 aromatic carbocycles. The summed E-state index contributed by atoms with van der Waals surface area (Å²) in [6.45, 7) is 0.608. The van der Waals surface area contributed by atoms with Gasteiger partial charge in [-0.05, 0) is 36.5 Å². The van der Waals surface area contributed by atoms with Crippen LogP contribution in [0.15, 0.2) is 30.5 Å². The minimum atomic E-state index is -0.375. The van der Waals surface area contributed by atoms with Crippen molar-refractivity contribution < 1.29 is 5.11 Å². The molecular formula is C11H11N3OS. The molecule has 0 saturated heterocycles. The van der Waals surface area contributed by atoms with E-state index in [4.69, 9.17) is 12.2 Å². The summed E-state index contributed by atoms with van der Waals surface area (Å²) < 4.78 is 0.629. The number of hydrogen-bond donors (Lipinski definition) is 3. The van der Waals surface area contributed by atoms with E-state index in [-0.39, 0.29) is 6.10 Å². The number of anilines is 1. The number of β-amino-alcohol motifs (C(OH)–C–C–N with tert-alkyl or cyclic N) is 1. The molecule has 82 valence electrons. The molecule has 1 aliphatic rings. The third-order valence-electron chi connectivity index (χ3n) is 2.70. The van der Waals surface area contributed by atoms with Gasteiger partial charge in [-0.2, -0.15) is 0 Å². The van der Waals surface area contributed by atoms with E-state index >= 15 is 0 Å². The highest BCUT2D eigenvalue weighted by atomic mass is 32.1. The van der Waals surface area contributed by atoms with Crippen LogP contribution in [0.1, 0.15) is 0 Å². The molecule has 0 bridgehead atoms. The lowest BCUT2D eigenvalue weighted by molar-refractivity contribution is 0.238. The molecular weight excluding hydrogens is 222 g/mol. The Bertz CT molecular complexity index is 613. The summed E-state index contributed by atoms with van der Waals surface area (Å²) in [5.74, 6) is 0. The number of nitrogens with zero attached hydrogens (tertiary/aromatic N) is 1. The molecule has 5 heteroatoms. The van der Waals surface area contributed by atoms with Gasteiger partial charge in [0.1, 0.15) is 0 Å². The number of benzene rings is 1. The van der Waals surface area contributed by atoms with Crippen molar-refractivity contribution in [1.29, 1.82) is 0 Å². The van der Waals surface area contributed by atoms with Crippen molar-refractivity contribution in [3.63, 3.8) is 0 Å². The van der Waals surface area contributed by atoms with E-state index in [0.29, 0.717) is 11.3 Å². The van der Waals surface area contributed by atoms with E-state index in [1.54, 1.807) is 6.08 Å². The van der Waals surface area contributed by atoms with E-state index in [0.717, 1.165) is 16.7 Å². The maximum Gasteiger partial charge on any atom is 0.175 e. The first-order valence-electron chi connectivity index (χ1n) is 5.07. The van der Waals surface area contributed by atoms with Crippen LogP contribution >= 0.6 is 12.2 Å². The van der Waals surface area contributed by atoms with Crippen LogP contribution in [-0.2, 0) is 0 Å². The average molecular weight is 233 g/mol. The first-order chi connectivity index (χ1) is 7.72. The average Bonchev–Trinajstić information content (AvgIpc) is 2.81. The number of aliphatic hydroxyl groups is 1. The fourth-order valence-electron chi connectivity index (χ4n) is 1.92. The SMILES string of the molecule is OC1C=CN(c2ccc3[nH]c(=S)[nH]c3c2)C1. The Morgan fingerprint density at radius 1 is 1.31 bits per heavy atom. The Kier molecular flexibility index (Phi) is 2.08. The fourth-order valence-corrected chi connectivity index (χ4v) is 2.14. The second kappa shape index (κ2) is 3.47. The monoisotopic (exact) mass is 233 g/mol. The van der Waals surface area contributed by atoms with Crippen LogP contribution in [0, 0.1) is 4.77 Å². The smallest absolute Gasteiger partial charge is 0.175 e. The van der Waals surface area contributed by atoms with Gasteiger partial charge in [-0.1, -0.05) is 0 Å². The summed E-state index contributed by atoms with van der Waals surface area (Å²) in [6, 6.07) is 6.00. The first kappa shape index (κ1) is 9.62. The maximum absolute atomic E-state index is 9.42. The zero-order valence-electron chi connectivity index (χ0n) is 8.47. The van der Waals surface area contributed by atoms with Crippen molar-refractivity contribution in [3.8, 4) is 0 Å². The van der Waals surface area contributed by atoms with Crippen LogP contribution in [0.2, 0.25) is 0 Å². The van der Waals surface area contributed by atoms with Gasteiger partial charge in [-0.25, -0.2) is 0 Å². The van der Waals surface area contributed by atoms with Crippen LogP contribution in [-0.4, -0.2) is 27.7 Å². The summed E-state index contributed by atoms with van der Waals surface area (Å²) in [6.07, 6.45) is 3.30. The van der Waals surface area contributed by atoms with Crippen LogP contribution in [0.3, 0.4) is 0 Å². The molecule has 0 spiro atoms. The molecule has 3 rings (SSSR count). The highest BCUT2D eigenvalue weighted by molar-refractivity contribution is 7.71. The lowest BCUT2D eigenvalue weighted by atomic mass is 10.2. The van der Waals surface area contributed by atoms with E-state index in [9.17, 15) is 5.11 Å². The third kappa shape index (κ3) is 1.54. The number of aliphatic hydroxyl groups excluding tert-OH is 1. The number of rotatable bonds is 1. The molecule has 3 N–H and O–H groups in total. The number of aromatic amines is 2. The van der Waals surface area contributed by atoms with Crippen LogP contribution in [0.25, 0.3) is 11.0 Å². The normalized spacial score (nSPS) is 19.8. The summed E-state index contributed by atoms with van der Waals surface area (Å²) in [4.78, 5) is 8.15. The van der Waals surface area contributed by atoms with Gasteiger partial charge < -0.3 is 20.0 Å². The van der Waals surface area contributed by atoms with Crippen molar-refractivity contribution in [2.75, 3.05) is 11.4 Å². The number of nitrogens with one attached hydrogen (secondary N) is 2. The summed E-state index contributed by atoms with van der Waals surface area (Å²) in [5, 5.41) is 9.42. The van der Waals surface area contributed by atoms with E-state index in [1.807, 2.05) is 29.3 Å². The molecule has 0 saturated carbocycles. The molecule has 0 fully saturated rings. The van der Waals surface area contributed by atoms with Crippen molar-refractivity contribution in [2.24, 2.45) is 0 Å². The number of aromatic nitrogens is 2. The van der Waals surface area contributed by atoms with Gasteiger partial charge in [-0.15, -0.1) is 0 Å². The number of H-pyrrole nitrogens is 2. The maximum atomic E-state index is 9.42. The van der Waals surface area contributed by atoms with Crippen LogP contribution in [0.5, 0.6) is 0 Å². The zero-order valence-corrected chi connectivity index (χ0v) is 9.29. The summed E-state index contributed by atoms with van der Waals surface area (Å²) in [5.41, 5.74) is 3.03. The zero-order chi connectivity index (χ0) is 11.1. The first-order valence-corrected chi connectivity index (χ1v) is 5.48. The van der Waals surface area contributed by atoms with Crippen molar-refractivity contribution >= 4 is 28.9 Å². The lowest BCUT2D eigenvalue weighted by Gasteiger charge is -2.16. The van der Waals surface area contributed by atoms with Crippen LogP contribution in [0.4, 0.5) is 5.69 Å². The predicted molar refractivity (Wildman–Crippen MR) is 66.0 cm³/mol. The fraction of sp³-hybridized carbons (Fsp3) is 0.182. The van der Waals surface area contributed by atoms with E-state index in [2.05, 4.69) is 9.97 Å². The Morgan fingerprint density at radius 2 is 2.12 bits per heavy atom. The van der Waals surface area contributed by atoms with Gasteiger partial charge in [0, 0.05) is 11.9 Å². The van der Waals surface area contributed by atoms with E-state index in [1.165, 1.54) is 0 Å². The minimum absolute atomic E-state index is 0.375. The Morgan fingerprint density at radius 3 is 2.88 bits per heavy atom. The molecule has 0 aliphatic carbocycles. The summed E-state index contributed by atoms with van der Waals surface area (Å²) in [7, 11) is 0. The van der Waals surface area contributed by atoms with Gasteiger partial charge in [0.25, 0.3) is 0 Å². The van der Waals surface area contributed by atoms with Gasteiger partial charge in [-0.3, -0.25) is 0 Å². The Hall–Kier alpha value is -1.59. The Balaban J connectivity index is 2.05. The second-order valence-electron chi connectivity index (χ2n) is 3.87. The highest BCUT2D eigenvalue weighted by Gasteiger charge is 2.14. The predicted octanol–water partition coefficient (Wildman–Crippen LogP) is 1.92. The number of hydrogen-bond acceptors (Lipinski definition) is 3. The molecule has 1 atom stereocenters. The van der Waals surface area contributed by atoms with Crippen molar-refractivity contribution in [3.05, 3.63) is 35.2 Å². The topological polar surface area (TPSA) is 55.0 Å². The number of fused-ring (bicyclic) bond motifs is 1. The Labute approximate surface area is 97.2 Å².